The highest BCUT2D eigenvalue weighted by atomic mass is 16.4. The highest BCUT2D eigenvalue weighted by Crippen LogP contribution is 2.25. The molecule has 2 aromatic carbocycles. The molecule has 0 bridgehead atoms. The predicted molar refractivity (Wildman–Crippen MR) is 89.8 cm³/mol. The van der Waals surface area contributed by atoms with Gasteiger partial charge in [0, 0.05) is 5.56 Å². The van der Waals surface area contributed by atoms with Crippen molar-refractivity contribution >= 4 is 11.6 Å². The van der Waals surface area contributed by atoms with Gasteiger partial charge in [-0.2, -0.15) is 10.2 Å². The Kier molecular flexibility index (Phi) is 3.98. The van der Waals surface area contributed by atoms with Crippen molar-refractivity contribution in [1.82, 2.24) is 4.98 Å². The fraction of sp³-hybridized carbons (Fsp3) is 0.111. The third-order valence-electron chi connectivity index (χ3n) is 3.40. The van der Waals surface area contributed by atoms with Crippen LogP contribution in [0, 0.1) is 25.2 Å². The van der Waals surface area contributed by atoms with E-state index in [0.717, 1.165) is 16.8 Å². The Labute approximate surface area is 134 Å². The van der Waals surface area contributed by atoms with E-state index in [2.05, 4.69) is 15.8 Å². The fourth-order valence-electron chi connectivity index (χ4n) is 2.07. The van der Waals surface area contributed by atoms with Crippen LogP contribution >= 0.6 is 0 Å². The molecule has 0 aliphatic heterocycles. The van der Waals surface area contributed by atoms with Gasteiger partial charge in [0.25, 0.3) is 5.88 Å². The zero-order valence-electron chi connectivity index (χ0n) is 12.9. The topological polar surface area (TPSA) is 73.9 Å². The summed E-state index contributed by atoms with van der Waals surface area (Å²) < 4.78 is 5.67. The molecule has 0 saturated carbocycles. The van der Waals surface area contributed by atoms with Gasteiger partial charge in [-0.15, -0.1) is 0 Å². The number of hydrazine groups is 1. The maximum Gasteiger partial charge on any atom is 0.250 e. The molecule has 1 aromatic heterocycles. The fourth-order valence-corrected chi connectivity index (χ4v) is 2.07. The first-order chi connectivity index (χ1) is 11.2. The number of benzene rings is 2. The molecule has 0 aliphatic carbocycles. The number of oxazole rings is 1. The second-order valence-electron chi connectivity index (χ2n) is 5.29. The number of hydrogen-bond donors (Lipinski definition) is 2. The largest absolute Gasteiger partial charge is 0.417 e. The summed E-state index contributed by atoms with van der Waals surface area (Å²) in [5.41, 5.74) is 10.1. The van der Waals surface area contributed by atoms with Crippen LogP contribution in [0.1, 0.15) is 16.8 Å². The summed E-state index contributed by atoms with van der Waals surface area (Å²) in [6, 6.07) is 17.7. The lowest BCUT2D eigenvalue weighted by Crippen LogP contribution is -2.08. The van der Waals surface area contributed by atoms with E-state index in [9.17, 15) is 5.26 Å². The van der Waals surface area contributed by atoms with Gasteiger partial charge in [0.1, 0.15) is 6.07 Å². The second-order valence-corrected chi connectivity index (χ2v) is 5.29. The van der Waals surface area contributed by atoms with E-state index < -0.39 is 0 Å². The highest BCUT2D eigenvalue weighted by Gasteiger charge is 2.14. The minimum Gasteiger partial charge on any atom is -0.417 e. The van der Waals surface area contributed by atoms with Crippen molar-refractivity contribution in [1.29, 1.82) is 5.26 Å². The van der Waals surface area contributed by atoms with Crippen molar-refractivity contribution in [3.05, 3.63) is 65.4 Å². The Morgan fingerprint density at radius 2 is 1.52 bits per heavy atom. The molecule has 5 nitrogen and oxygen atoms in total. The molecule has 5 heteroatoms. The minimum atomic E-state index is 0.209. The predicted octanol–water partition coefficient (Wildman–Crippen LogP) is 4.27. The van der Waals surface area contributed by atoms with Crippen molar-refractivity contribution < 1.29 is 4.42 Å². The Balaban J connectivity index is 1.80. The van der Waals surface area contributed by atoms with E-state index in [4.69, 9.17) is 4.42 Å². The first-order valence-corrected chi connectivity index (χ1v) is 7.22. The zero-order chi connectivity index (χ0) is 16.2. The molecule has 0 radical (unpaired) electrons. The van der Waals surface area contributed by atoms with Crippen LogP contribution in [0.25, 0.3) is 11.5 Å². The second kappa shape index (κ2) is 6.24. The van der Waals surface area contributed by atoms with Gasteiger partial charge in [0.15, 0.2) is 0 Å². The maximum absolute atomic E-state index is 9.22. The average molecular weight is 304 g/mol. The van der Waals surface area contributed by atoms with Gasteiger partial charge < -0.3 is 4.42 Å². The van der Waals surface area contributed by atoms with E-state index >= 15 is 0 Å². The van der Waals surface area contributed by atoms with Gasteiger partial charge in [-0.05, 0) is 38.1 Å². The third kappa shape index (κ3) is 3.33. The molecule has 1 heterocycles. The number of hydrogen-bond acceptors (Lipinski definition) is 5. The molecule has 0 atom stereocenters. The van der Waals surface area contributed by atoms with Crippen molar-refractivity contribution in [3.8, 4) is 17.5 Å². The summed E-state index contributed by atoms with van der Waals surface area (Å²) in [5.74, 6) is 0.707. The molecular formula is C18H16N4O. The molecule has 3 aromatic rings. The molecule has 0 amide bonds. The standard InChI is InChI=1S/C18H16N4O/c1-12-3-7-14(8-4-12)17-20-16(11-19)18(23-17)22-21-15-9-5-13(2)6-10-15/h3-10,21-22H,1-2H3. The van der Waals surface area contributed by atoms with Crippen LogP contribution in [0.5, 0.6) is 0 Å². The Hall–Kier alpha value is -3.26. The number of nitrogens with one attached hydrogen (secondary N) is 2. The summed E-state index contributed by atoms with van der Waals surface area (Å²) in [6.07, 6.45) is 0. The van der Waals surface area contributed by atoms with Gasteiger partial charge in [0.05, 0.1) is 5.69 Å². The van der Waals surface area contributed by atoms with E-state index in [1.165, 1.54) is 5.56 Å². The van der Waals surface area contributed by atoms with Crippen LogP contribution in [0.4, 0.5) is 11.6 Å². The lowest BCUT2D eigenvalue weighted by Gasteiger charge is -2.07. The van der Waals surface area contributed by atoms with Crippen molar-refractivity contribution in [2.24, 2.45) is 0 Å². The molecular weight excluding hydrogens is 288 g/mol. The minimum absolute atomic E-state index is 0.209. The molecule has 2 N–H and O–H groups in total. The molecule has 23 heavy (non-hydrogen) atoms. The molecule has 3 rings (SSSR count). The SMILES string of the molecule is Cc1ccc(NNc2oc(-c3ccc(C)cc3)nc2C#N)cc1. The average Bonchev–Trinajstić information content (AvgIpc) is 2.98. The van der Waals surface area contributed by atoms with Crippen LogP contribution in [0.3, 0.4) is 0 Å². The van der Waals surface area contributed by atoms with Gasteiger partial charge >= 0.3 is 0 Å². The normalized spacial score (nSPS) is 10.1. The third-order valence-corrected chi connectivity index (χ3v) is 3.40. The summed E-state index contributed by atoms with van der Waals surface area (Å²) in [7, 11) is 0. The van der Waals surface area contributed by atoms with Crippen molar-refractivity contribution in [2.45, 2.75) is 13.8 Å². The number of aryl methyl sites for hydroxylation is 2. The van der Waals surface area contributed by atoms with Gasteiger partial charge in [0.2, 0.25) is 11.6 Å². The van der Waals surface area contributed by atoms with Crippen LogP contribution < -0.4 is 10.9 Å². The summed E-state index contributed by atoms with van der Waals surface area (Å²) in [6.45, 7) is 4.04. The molecule has 0 fully saturated rings. The van der Waals surface area contributed by atoms with Crippen LogP contribution in [0.2, 0.25) is 0 Å². The van der Waals surface area contributed by atoms with Gasteiger partial charge in [-0.1, -0.05) is 35.4 Å². The number of anilines is 2. The number of rotatable bonds is 4. The first kappa shape index (κ1) is 14.7. The van der Waals surface area contributed by atoms with Crippen LogP contribution in [0.15, 0.2) is 52.9 Å². The lowest BCUT2D eigenvalue weighted by atomic mass is 10.1. The summed E-state index contributed by atoms with van der Waals surface area (Å²) >= 11 is 0. The van der Waals surface area contributed by atoms with Crippen molar-refractivity contribution in [3.63, 3.8) is 0 Å². The number of nitriles is 1. The lowest BCUT2D eigenvalue weighted by molar-refractivity contribution is 0.589. The molecule has 0 spiro atoms. The Morgan fingerprint density at radius 3 is 2.13 bits per heavy atom. The van der Waals surface area contributed by atoms with Crippen LogP contribution in [-0.4, -0.2) is 4.98 Å². The van der Waals surface area contributed by atoms with E-state index in [1.807, 2.05) is 68.4 Å². The van der Waals surface area contributed by atoms with Crippen LogP contribution in [-0.2, 0) is 0 Å². The van der Waals surface area contributed by atoms with Gasteiger partial charge in [-0.3, -0.25) is 10.9 Å². The molecule has 0 unspecified atom stereocenters. The van der Waals surface area contributed by atoms with E-state index in [1.54, 1.807) is 0 Å². The monoisotopic (exact) mass is 304 g/mol. The summed E-state index contributed by atoms with van der Waals surface area (Å²) in [5, 5.41) is 9.22. The number of nitrogens with zero attached hydrogens (tertiary/aromatic N) is 2. The maximum atomic E-state index is 9.22. The van der Waals surface area contributed by atoms with Crippen molar-refractivity contribution in [2.75, 3.05) is 10.9 Å². The molecule has 0 saturated heterocycles. The smallest absolute Gasteiger partial charge is 0.250 e. The quantitative estimate of drug-likeness (QED) is 0.704. The summed E-state index contributed by atoms with van der Waals surface area (Å²) in [4.78, 5) is 4.22. The van der Waals surface area contributed by atoms with Gasteiger partial charge in [-0.25, -0.2) is 0 Å². The number of aromatic nitrogens is 1. The molecule has 0 aliphatic rings. The van der Waals surface area contributed by atoms with E-state index in [0.29, 0.717) is 11.8 Å². The van der Waals surface area contributed by atoms with E-state index in [-0.39, 0.29) is 5.69 Å². The highest BCUT2D eigenvalue weighted by molar-refractivity contribution is 5.60. The zero-order valence-corrected chi connectivity index (χ0v) is 12.9. The Bertz CT molecular complexity index is 842. The Morgan fingerprint density at radius 1 is 0.913 bits per heavy atom. The first-order valence-electron chi connectivity index (χ1n) is 7.22. The molecule has 114 valence electrons.